The number of likely N-dealkylation sites (N-methyl/N-ethyl adjacent to an activating group) is 1. The summed E-state index contributed by atoms with van der Waals surface area (Å²) in [5, 5.41) is 15.4. The summed E-state index contributed by atoms with van der Waals surface area (Å²) in [6.45, 7) is 10.1. The molecule has 1 aliphatic rings. The van der Waals surface area contributed by atoms with Crippen LogP contribution in [0, 0.1) is 32.1 Å². The van der Waals surface area contributed by atoms with Crippen molar-refractivity contribution in [2.45, 2.75) is 20.8 Å². The first kappa shape index (κ1) is 21.4. The van der Waals surface area contributed by atoms with Gasteiger partial charge in [0, 0.05) is 49.4 Å². The standard InChI is InChI=1S/C24H29N5O/c1-17-13-18(2)23(19(3)14-17)27-24(30)20(15-25)16-26-21-5-7-22(8-6-21)29-11-9-28(4)10-12-29/h5-8,13-14,16,26H,9-12H2,1-4H3,(H,27,30)/b20-16-. The normalized spacial score (nSPS) is 14.9. The molecule has 6 heteroatoms. The van der Waals surface area contributed by atoms with Crippen LogP contribution in [0.4, 0.5) is 17.1 Å². The number of amides is 1. The van der Waals surface area contributed by atoms with E-state index in [0.717, 1.165) is 54.2 Å². The van der Waals surface area contributed by atoms with Crippen molar-refractivity contribution < 1.29 is 4.79 Å². The number of benzene rings is 2. The summed E-state index contributed by atoms with van der Waals surface area (Å²) in [4.78, 5) is 17.3. The van der Waals surface area contributed by atoms with Crippen molar-refractivity contribution in [2.24, 2.45) is 0 Å². The van der Waals surface area contributed by atoms with Gasteiger partial charge in [0.05, 0.1) is 0 Å². The molecule has 2 aromatic rings. The third kappa shape index (κ3) is 5.19. The quantitative estimate of drug-likeness (QED) is 0.587. The second-order valence-corrected chi connectivity index (χ2v) is 7.88. The van der Waals surface area contributed by atoms with Gasteiger partial charge in [-0.2, -0.15) is 5.26 Å². The highest BCUT2D eigenvalue weighted by Crippen LogP contribution is 2.23. The maximum atomic E-state index is 12.6. The molecule has 2 N–H and O–H groups in total. The summed E-state index contributed by atoms with van der Waals surface area (Å²) in [7, 11) is 2.14. The van der Waals surface area contributed by atoms with Crippen LogP contribution in [-0.2, 0) is 4.79 Å². The number of nitrogens with one attached hydrogen (secondary N) is 2. The van der Waals surface area contributed by atoms with E-state index in [4.69, 9.17) is 0 Å². The molecular formula is C24H29N5O. The smallest absolute Gasteiger partial charge is 0.267 e. The Morgan fingerprint density at radius 1 is 1.03 bits per heavy atom. The van der Waals surface area contributed by atoms with Gasteiger partial charge >= 0.3 is 0 Å². The predicted octanol–water partition coefficient (Wildman–Crippen LogP) is 3.82. The first-order valence-electron chi connectivity index (χ1n) is 10.2. The first-order chi connectivity index (χ1) is 14.4. The van der Waals surface area contributed by atoms with E-state index in [1.807, 2.05) is 51.1 Å². The van der Waals surface area contributed by atoms with Crippen molar-refractivity contribution in [2.75, 3.05) is 48.8 Å². The zero-order valence-electron chi connectivity index (χ0n) is 18.1. The summed E-state index contributed by atoms with van der Waals surface area (Å²) in [5.74, 6) is -0.422. The molecular weight excluding hydrogens is 374 g/mol. The lowest BCUT2D eigenvalue weighted by molar-refractivity contribution is -0.112. The van der Waals surface area contributed by atoms with E-state index in [1.54, 1.807) is 0 Å². The van der Waals surface area contributed by atoms with Gasteiger partial charge in [0.1, 0.15) is 11.6 Å². The van der Waals surface area contributed by atoms with Gasteiger partial charge in [-0.15, -0.1) is 0 Å². The van der Waals surface area contributed by atoms with Crippen molar-refractivity contribution in [1.82, 2.24) is 4.90 Å². The second kappa shape index (κ2) is 9.47. The molecule has 0 bridgehead atoms. The summed E-state index contributed by atoms with van der Waals surface area (Å²) in [6.07, 6.45) is 1.46. The van der Waals surface area contributed by atoms with Crippen LogP contribution >= 0.6 is 0 Å². The van der Waals surface area contributed by atoms with E-state index in [0.29, 0.717) is 0 Å². The van der Waals surface area contributed by atoms with Crippen molar-refractivity contribution in [3.05, 3.63) is 64.9 Å². The molecule has 0 spiro atoms. The number of carbonyl (C=O) groups is 1. The summed E-state index contributed by atoms with van der Waals surface area (Å²) < 4.78 is 0. The third-order valence-corrected chi connectivity index (χ3v) is 5.40. The zero-order valence-corrected chi connectivity index (χ0v) is 18.1. The SMILES string of the molecule is Cc1cc(C)c(NC(=O)/C(C#N)=C\Nc2ccc(N3CCN(C)CC3)cc2)c(C)c1. The molecule has 30 heavy (non-hydrogen) atoms. The Kier molecular flexibility index (Phi) is 6.76. The maximum Gasteiger partial charge on any atom is 0.267 e. The second-order valence-electron chi connectivity index (χ2n) is 7.88. The average molecular weight is 404 g/mol. The van der Waals surface area contributed by atoms with Crippen LogP contribution in [0.1, 0.15) is 16.7 Å². The Balaban J connectivity index is 1.65. The number of rotatable bonds is 5. The number of anilines is 3. The first-order valence-corrected chi connectivity index (χ1v) is 10.2. The minimum Gasteiger partial charge on any atom is -0.369 e. The fourth-order valence-electron chi connectivity index (χ4n) is 3.70. The fourth-order valence-corrected chi connectivity index (χ4v) is 3.70. The average Bonchev–Trinajstić information content (AvgIpc) is 2.72. The number of aryl methyl sites for hydroxylation is 3. The van der Waals surface area contributed by atoms with Crippen LogP contribution in [-0.4, -0.2) is 44.0 Å². The Bertz CT molecular complexity index is 957. The van der Waals surface area contributed by atoms with Gasteiger partial charge in [-0.1, -0.05) is 17.7 Å². The fraction of sp³-hybridized carbons (Fsp3) is 0.333. The van der Waals surface area contributed by atoms with E-state index in [2.05, 4.69) is 39.6 Å². The lowest BCUT2D eigenvalue weighted by atomic mass is 10.0. The van der Waals surface area contributed by atoms with Gasteiger partial charge in [0.25, 0.3) is 5.91 Å². The van der Waals surface area contributed by atoms with Crippen LogP contribution in [0.5, 0.6) is 0 Å². The number of piperazine rings is 1. The number of hydrogen-bond donors (Lipinski definition) is 2. The number of carbonyl (C=O) groups excluding carboxylic acids is 1. The highest BCUT2D eigenvalue weighted by molar-refractivity contribution is 6.07. The monoisotopic (exact) mass is 403 g/mol. The molecule has 1 heterocycles. The molecule has 2 aromatic carbocycles. The highest BCUT2D eigenvalue weighted by Gasteiger charge is 2.15. The molecule has 0 unspecified atom stereocenters. The number of nitriles is 1. The molecule has 1 saturated heterocycles. The van der Waals surface area contributed by atoms with Gasteiger partial charge in [-0.05, 0) is 63.2 Å². The van der Waals surface area contributed by atoms with Gasteiger partial charge in [0.2, 0.25) is 0 Å². The molecule has 1 amide bonds. The molecule has 0 aromatic heterocycles. The molecule has 0 aliphatic carbocycles. The summed E-state index contributed by atoms with van der Waals surface area (Å²) >= 11 is 0. The minimum atomic E-state index is -0.422. The minimum absolute atomic E-state index is 0.0255. The molecule has 0 atom stereocenters. The van der Waals surface area contributed by atoms with Crippen LogP contribution in [0.15, 0.2) is 48.2 Å². The highest BCUT2D eigenvalue weighted by atomic mass is 16.1. The molecule has 3 rings (SSSR count). The zero-order chi connectivity index (χ0) is 21.7. The Morgan fingerprint density at radius 2 is 1.63 bits per heavy atom. The number of hydrogen-bond acceptors (Lipinski definition) is 5. The topological polar surface area (TPSA) is 71.4 Å². The van der Waals surface area contributed by atoms with Crippen molar-refractivity contribution >= 4 is 23.0 Å². The molecule has 6 nitrogen and oxygen atoms in total. The van der Waals surface area contributed by atoms with Gasteiger partial charge in [-0.3, -0.25) is 4.79 Å². The third-order valence-electron chi connectivity index (χ3n) is 5.40. The van der Waals surface area contributed by atoms with Gasteiger partial charge in [-0.25, -0.2) is 0 Å². The van der Waals surface area contributed by atoms with Crippen LogP contribution < -0.4 is 15.5 Å². The van der Waals surface area contributed by atoms with Gasteiger partial charge in [0.15, 0.2) is 0 Å². The van der Waals surface area contributed by atoms with E-state index in [1.165, 1.54) is 11.9 Å². The Labute approximate surface area is 178 Å². The van der Waals surface area contributed by atoms with E-state index >= 15 is 0 Å². The van der Waals surface area contributed by atoms with Gasteiger partial charge < -0.3 is 20.4 Å². The Morgan fingerprint density at radius 3 is 2.20 bits per heavy atom. The van der Waals surface area contributed by atoms with Crippen LogP contribution in [0.3, 0.4) is 0 Å². The van der Waals surface area contributed by atoms with Crippen molar-refractivity contribution in [1.29, 1.82) is 5.26 Å². The van der Waals surface area contributed by atoms with E-state index in [9.17, 15) is 10.1 Å². The Hall–Kier alpha value is -3.30. The molecule has 1 aliphatic heterocycles. The van der Waals surface area contributed by atoms with E-state index in [-0.39, 0.29) is 5.57 Å². The van der Waals surface area contributed by atoms with Crippen LogP contribution in [0.25, 0.3) is 0 Å². The molecule has 156 valence electrons. The molecule has 0 saturated carbocycles. The lowest BCUT2D eigenvalue weighted by Crippen LogP contribution is -2.44. The molecule has 0 radical (unpaired) electrons. The van der Waals surface area contributed by atoms with E-state index < -0.39 is 5.91 Å². The summed E-state index contributed by atoms with van der Waals surface area (Å²) in [6, 6.07) is 14.1. The van der Waals surface area contributed by atoms with Crippen molar-refractivity contribution in [3.8, 4) is 6.07 Å². The predicted molar refractivity (Wildman–Crippen MR) is 123 cm³/mol. The van der Waals surface area contributed by atoms with Crippen LogP contribution in [0.2, 0.25) is 0 Å². The van der Waals surface area contributed by atoms with Crippen molar-refractivity contribution in [3.63, 3.8) is 0 Å². The molecule has 1 fully saturated rings. The summed E-state index contributed by atoms with van der Waals surface area (Å²) in [5.41, 5.74) is 5.88. The largest absolute Gasteiger partial charge is 0.369 e. The lowest BCUT2D eigenvalue weighted by Gasteiger charge is -2.34. The number of nitrogens with zero attached hydrogens (tertiary/aromatic N) is 3. The maximum absolute atomic E-state index is 12.6.